The summed E-state index contributed by atoms with van der Waals surface area (Å²) in [5.41, 5.74) is 3.47. The molecule has 0 unspecified atom stereocenters. The van der Waals surface area contributed by atoms with Crippen molar-refractivity contribution >= 4 is 6.09 Å². The minimum atomic E-state index is -0.332. The molecule has 1 saturated heterocycles. The number of benzene rings is 2. The van der Waals surface area contributed by atoms with Gasteiger partial charge in [0.05, 0.1) is 12.6 Å². The van der Waals surface area contributed by atoms with Gasteiger partial charge in [0.1, 0.15) is 0 Å². The van der Waals surface area contributed by atoms with Gasteiger partial charge in [0.15, 0.2) is 0 Å². The van der Waals surface area contributed by atoms with Gasteiger partial charge in [0, 0.05) is 6.42 Å². The monoisotopic (exact) mass is 253 g/mol. The maximum Gasteiger partial charge on any atom is 0.407 e. The first-order chi connectivity index (χ1) is 9.33. The van der Waals surface area contributed by atoms with Crippen LogP contribution in [0.2, 0.25) is 0 Å². The van der Waals surface area contributed by atoms with E-state index in [4.69, 9.17) is 4.74 Å². The van der Waals surface area contributed by atoms with Crippen LogP contribution in [0.3, 0.4) is 0 Å². The molecule has 1 aliphatic rings. The molecule has 3 rings (SSSR count). The lowest BCUT2D eigenvalue weighted by Gasteiger charge is -2.24. The minimum Gasteiger partial charge on any atom is -0.449 e. The number of alkyl carbamates (subject to hydrolysis) is 1. The Morgan fingerprint density at radius 2 is 1.79 bits per heavy atom. The zero-order chi connectivity index (χ0) is 13.1. The zero-order valence-electron chi connectivity index (χ0n) is 10.5. The first-order valence-corrected chi connectivity index (χ1v) is 6.41. The lowest BCUT2D eigenvalue weighted by Crippen LogP contribution is -2.35. The van der Waals surface area contributed by atoms with Crippen LogP contribution < -0.4 is 5.32 Å². The maximum atomic E-state index is 11.3. The number of hydrogen-bond donors (Lipinski definition) is 1. The van der Waals surface area contributed by atoms with Gasteiger partial charge in [-0.15, -0.1) is 0 Å². The van der Waals surface area contributed by atoms with Crippen molar-refractivity contribution < 1.29 is 9.53 Å². The van der Waals surface area contributed by atoms with E-state index in [1.807, 2.05) is 30.3 Å². The van der Waals surface area contributed by atoms with Gasteiger partial charge in [-0.3, -0.25) is 0 Å². The van der Waals surface area contributed by atoms with Crippen LogP contribution in [-0.4, -0.2) is 12.7 Å². The molecule has 0 aliphatic carbocycles. The van der Waals surface area contributed by atoms with Gasteiger partial charge < -0.3 is 10.1 Å². The number of nitrogens with one attached hydrogen (secondary N) is 1. The second-order valence-electron chi connectivity index (χ2n) is 4.61. The Morgan fingerprint density at radius 1 is 1.00 bits per heavy atom. The summed E-state index contributed by atoms with van der Waals surface area (Å²) in [6.45, 7) is 0.478. The maximum absolute atomic E-state index is 11.3. The van der Waals surface area contributed by atoms with Gasteiger partial charge in [-0.2, -0.15) is 0 Å². The Morgan fingerprint density at radius 3 is 2.58 bits per heavy atom. The van der Waals surface area contributed by atoms with Crippen molar-refractivity contribution in [3.8, 4) is 11.1 Å². The summed E-state index contributed by atoms with van der Waals surface area (Å²) in [5.74, 6) is 0. The van der Waals surface area contributed by atoms with Gasteiger partial charge in [-0.1, -0.05) is 48.5 Å². The van der Waals surface area contributed by atoms with Gasteiger partial charge in [0.25, 0.3) is 0 Å². The molecule has 3 heteroatoms. The number of ether oxygens (including phenoxy) is 1. The number of carbonyl (C=O) groups is 1. The highest BCUT2D eigenvalue weighted by atomic mass is 16.5. The van der Waals surface area contributed by atoms with E-state index < -0.39 is 0 Å². The summed E-state index contributed by atoms with van der Waals surface area (Å²) in [6, 6.07) is 18.6. The summed E-state index contributed by atoms with van der Waals surface area (Å²) >= 11 is 0. The summed E-state index contributed by atoms with van der Waals surface area (Å²) in [7, 11) is 0. The molecule has 0 radical (unpaired) electrons. The molecule has 1 fully saturated rings. The van der Waals surface area contributed by atoms with Crippen LogP contribution in [0, 0.1) is 0 Å². The SMILES string of the molecule is O=C1N[C@H](c2cccc(-c3ccccc3)c2)CCO1. The van der Waals surface area contributed by atoms with Crippen LogP contribution >= 0.6 is 0 Å². The summed E-state index contributed by atoms with van der Waals surface area (Å²) in [4.78, 5) is 11.3. The fraction of sp³-hybridized carbons (Fsp3) is 0.188. The fourth-order valence-electron chi connectivity index (χ4n) is 2.34. The molecule has 2 aromatic carbocycles. The molecular formula is C16H15NO2. The molecule has 0 bridgehead atoms. The van der Waals surface area contributed by atoms with Crippen LogP contribution in [0.15, 0.2) is 54.6 Å². The molecule has 96 valence electrons. The third kappa shape index (κ3) is 2.60. The van der Waals surface area contributed by atoms with Crippen LogP contribution in [0.1, 0.15) is 18.0 Å². The molecule has 0 saturated carbocycles. The molecule has 0 spiro atoms. The highest BCUT2D eigenvalue weighted by molar-refractivity contribution is 5.69. The van der Waals surface area contributed by atoms with Gasteiger partial charge in [-0.05, 0) is 22.8 Å². The fourth-order valence-corrected chi connectivity index (χ4v) is 2.34. The minimum absolute atomic E-state index is 0.0462. The highest BCUT2D eigenvalue weighted by Gasteiger charge is 2.20. The van der Waals surface area contributed by atoms with E-state index in [-0.39, 0.29) is 12.1 Å². The Balaban J connectivity index is 1.90. The number of carbonyl (C=O) groups excluding carboxylic acids is 1. The van der Waals surface area contributed by atoms with Crippen LogP contribution in [0.5, 0.6) is 0 Å². The first kappa shape index (κ1) is 11.8. The zero-order valence-corrected chi connectivity index (χ0v) is 10.5. The third-order valence-corrected chi connectivity index (χ3v) is 3.33. The Kier molecular flexibility index (Phi) is 3.19. The molecule has 0 aromatic heterocycles. The van der Waals surface area contributed by atoms with Crippen LogP contribution in [-0.2, 0) is 4.74 Å². The van der Waals surface area contributed by atoms with Crippen molar-refractivity contribution in [1.29, 1.82) is 0 Å². The van der Waals surface area contributed by atoms with E-state index in [0.717, 1.165) is 12.0 Å². The number of cyclic esters (lactones) is 1. The highest BCUT2D eigenvalue weighted by Crippen LogP contribution is 2.25. The predicted octanol–water partition coefficient (Wildman–Crippen LogP) is 3.52. The summed E-state index contributed by atoms with van der Waals surface area (Å²) in [5, 5.41) is 2.85. The summed E-state index contributed by atoms with van der Waals surface area (Å²) in [6.07, 6.45) is 0.477. The average molecular weight is 253 g/mol. The Labute approximate surface area is 112 Å². The molecule has 2 aromatic rings. The quantitative estimate of drug-likeness (QED) is 0.889. The third-order valence-electron chi connectivity index (χ3n) is 3.33. The molecule has 1 atom stereocenters. The lowest BCUT2D eigenvalue weighted by molar-refractivity contribution is 0.115. The molecule has 1 amide bonds. The molecule has 1 heterocycles. The van der Waals surface area contributed by atoms with Crippen molar-refractivity contribution in [3.05, 3.63) is 60.2 Å². The van der Waals surface area contributed by atoms with E-state index in [2.05, 4.69) is 29.6 Å². The predicted molar refractivity (Wildman–Crippen MR) is 73.7 cm³/mol. The Bertz CT molecular complexity index is 580. The van der Waals surface area contributed by atoms with Crippen molar-refractivity contribution in [3.63, 3.8) is 0 Å². The Hall–Kier alpha value is -2.29. The normalized spacial score (nSPS) is 18.5. The molecule has 19 heavy (non-hydrogen) atoms. The summed E-state index contributed by atoms with van der Waals surface area (Å²) < 4.78 is 4.89. The first-order valence-electron chi connectivity index (χ1n) is 6.41. The standard InChI is InChI=1S/C16H15NO2/c18-16-17-15(9-10-19-16)14-8-4-7-13(11-14)12-5-2-1-3-6-12/h1-8,11,15H,9-10H2,(H,17,18)/t15-/m0/s1. The van der Waals surface area contributed by atoms with Crippen molar-refractivity contribution in [2.24, 2.45) is 0 Å². The van der Waals surface area contributed by atoms with E-state index in [0.29, 0.717) is 6.61 Å². The number of hydrogen-bond acceptors (Lipinski definition) is 2. The van der Waals surface area contributed by atoms with Crippen LogP contribution in [0.4, 0.5) is 4.79 Å². The number of rotatable bonds is 2. The van der Waals surface area contributed by atoms with E-state index in [1.54, 1.807) is 0 Å². The van der Waals surface area contributed by atoms with Crippen molar-refractivity contribution in [2.45, 2.75) is 12.5 Å². The number of amides is 1. The second kappa shape index (κ2) is 5.14. The van der Waals surface area contributed by atoms with Crippen molar-refractivity contribution in [2.75, 3.05) is 6.61 Å². The van der Waals surface area contributed by atoms with E-state index in [1.165, 1.54) is 11.1 Å². The lowest BCUT2D eigenvalue weighted by atomic mass is 9.98. The largest absolute Gasteiger partial charge is 0.449 e. The topological polar surface area (TPSA) is 38.3 Å². The van der Waals surface area contributed by atoms with E-state index >= 15 is 0 Å². The second-order valence-corrected chi connectivity index (χ2v) is 4.61. The molecular weight excluding hydrogens is 238 g/mol. The van der Waals surface area contributed by atoms with Gasteiger partial charge >= 0.3 is 6.09 Å². The molecule has 3 nitrogen and oxygen atoms in total. The average Bonchev–Trinajstić information content (AvgIpc) is 2.48. The molecule has 1 aliphatic heterocycles. The van der Waals surface area contributed by atoms with Gasteiger partial charge in [-0.25, -0.2) is 4.79 Å². The van der Waals surface area contributed by atoms with Crippen molar-refractivity contribution in [1.82, 2.24) is 5.32 Å². The van der Waals surface area contributed by atoms with Gasteiger partial charge in [0.2, 0.25) is 0 Å². The van der Waals surface area contributed by atoms with E-state index in [9.17, 15) is 4.79 Å². The molecule has 1 N–H and O–H groups in total. The van der Waals surface area contributed by atoms with Crippen LogP contribution in [0.25, 0.3) is 11.1 Å². The smallest absolute Gasteiger partial charge is 0.407 e.